The van der Waals surface area contributed by atoms with Gasteiger partial charge in [-0.3, -0.25) is 5.32 Å². The number of hydrogen-bond acceptors (Lipinski definition) is 6. The Morgan fingerprint density at radius 3 is 2.65 bits per heavy atom. The second-order valence-electron chi connectivity index (χ2n) is 4.32. The summed E-state index contributed by atoms with van der Waals surface area (Å²) in [5, 5.41) is 21.8. The van der Waals surface area contributed by atoms with Gasteiger partial charge in [-0.25, -0.2) is 0 Å². The summed E-state index contributed by atoms with van der Waals surface area (Å²) in [6.07, 6.45) is 0.716. The predicted molar refractivity (Wildman–Crippen MR) is 82.8 cm³/mol. The quantitative estimate of drug-likeness (QED) is 0.831. The largest absolute Gasteiger partial charge is 0.299 e. The highest BCUT2D eigenvalue weighted by Crippen LogP contribution is 2.29. The van der Waals surface area contributed by atoms with Gasteiger partial charge in [-0.1, -0.05) is 53.4 Å². The SMILES string of the molecule is CNC(C#N)(CCSc1nnc(C)s1)c1ccccc1. The molecule has 0 aliphatic carbocycles. The minimum atomic E-state index is -0.645. The second-order valence-corrected chi connectivity index (χ2v) is 6.84. The molecule has 2 rings (SSSR count). The van der Waals surface area contributed by atoms with Gasteiger partial charge in [0.15, 0.2) is 4.34 Å². The molecule has 0 radical (unpaired) electrons. The van der Waals surface area contributed by atoms with Crippen LogP contribution in [0, 0.1) is 18.3 Å². The smallest absolute Gasteiger partial charge is 0.174 e. The minimum Gasteiger partial charge on any atom is -0.299 e. The molecule has 0 aliphatic rings. The summed E-state index contributed by atoms with van der Waals surface area (Å²) >= 11 is 3.23. The van der Waals surface area contributed by atoms with E-state index in [1.165, 1.54) is 0 Å². The lowest BCUT2D eigenvalue weighted by Crippen LogP contribution is -2.39. The predicted octanol–water partition coefficient (Wildman–Crippen LogP) is 2.97. The Bertz CT molecular complexity index is 591. The summed E-state index contributed by atoms with van der Waals surface area (Å²) in [6, 6.07) is 12.3. The topological polar surface area (TPSA) is 61.6 Å². The van der Waals surface area contributed by atoms with E-state index in [1.54, 1.807) is 23.1 Å². The molecule has 1 N–H and O–H groups in total. The van der Waals surface area contributed by atoms with Gasteiger partial charge in [-0.2, -0.15) is 5.26 Å². The number of aryl methyl sites for hydroxylation is 1. The molecule has 0 bridgehead atoms. The number of hydrogen-bond donors (Lipinski definition) is 1. The fraction of sp³-hybridized carbons (Fsp3) is 0.357. The number of aromatic nitrogens is 2. The molecule has 1 heterocycles. The van der Waals surface area contributed by atoms with Gasteiger partial charge >= 0.3 is 0 Å². The zero-order valence-electron chi connectivity index (χ0n) is 11.5. The van der Waals surface area contributed by atoms with Crippen molar-refractivity contribution in [2.75, 3.05) is 12.8 Å². The van der Waals surface area contributed by atoms with Crippen molar-refractivity contribution in [2.24, 2.45) is 0 Å². The lowest BCUT2D eigenvalue weighted by molar-refractivity contribution is 0.457. The third-order valence-corrected chi connectivity index (χ3v) is 5.07. The summed E-state index contributed by atoms with van der Waals surface area (Å²) in [6.45, 7) is 1.94. The van der Waals surface area contributed by atoms with E-state index in [0.717, 1.165) is 20.7 Å². The average molecular weight is 304 g/mol. The van der Waals surface area contributed by atoms with Gasteiger partial charge in [0.2, 0.25) is 0 Å². The Kier molecular flexibility index (Phi) is 5.12. The standard InChI is InChI=1S/C14H16N4S2/c1-11-17-18-13(20-11)19-9-8-14(10-15,16-2)12-6-4-3-5-7-12/h3-7,16H,8-9H2,1-2H3. The van der Waals surface area contributed by atoms with Crippen molar-refractivity contribution in [1.82, 2.24) is 15.5 Å². The fourth-order valence-electron chi connectivity index (χ4n) is 1.94. The Labute approximate surface area is 127 Å². The van der Waals surface area contributed by atoms with Crippen molar-refractivity contribution in [3.05, 3.63) is 40.9 Å². The van der Waals surface area contributed by atoms with Crippen LogP contribution in [0.2, 0.25) is 0 Å². The molecule has 1 unspecified atom stereocenters. The highest BCUT2D eigenvalue weighted by atomic mass is 32.2. The average Bonchev–Trinajstić information content (AvgIpc) is 2.90. The summed E-state index contributed by atoms with van der Waals surface area (Å²) in [4.78, 5) is 0. The molecule has 0 fully saturated rings. The van der Waals surface area contributed by atoms with Gasteiger partial charge in [0.1, 0.15) is 10.5 Å². The van der Waals surface area contributed by atoms with Gasteiger partial charge < -0.3 is 0 Å². The van der Waals surface area contributed by atoms with E-state index in [1.807, 2.05) is 44.3 Å². The van der Waals surface area contributed by atoms with Gasteiger partial charge in [0.25, 0.3) is 0 Å². The molecule has 0 aliphatic heterocycles. The Balaban J connectivity index is 2.05. The highest BCUT2D eigenvalue weighted by Gasteiger charge is 2.29. The summed E-state index contributed by atoms with van der Waals surface area (Å²) < 4.78 is 0.957. The third kappa shape index (κ3) is 3.37. The first-order chi connectivity index (χ1) is 9.70. The van der Waals surface area contributed by atoms with E-state index in [0.29, 0.717) is 6.42 Å². The normalized spacial score (nSPS) is 13.7. The van der Waals surface area contributed by atoms with Crippen LogP contribution in [-0.2, 0) is 5.54 Å². The molecule has 0 saturated carbocycles. The van der Waals surface area contributed by atoms with Crippen LogP contribution in [0.3, 0.4) is 0 Å². The first-order valence-corrected chi connectivity index (χ1v) is 8.09. The van der Waals surface area contributed by atoms with E-state index in [9.17, 15) is 5.26 Å². The lowest BCUT2D eigenvalue weighted by Gasteiger charge is -2.26. The summed E-state index contributed by atoms with van der Waals surface area (Å²) in [5.74, 6) is 0.817. The van der Waals surface area contributed by atoms with Gasteiger partial charge in [-0.05, 0) is 26.0 Å². The molecule has 20 heavy (non-hydrogen) atoms. The molecule has 104 valence electrons. The number of nitrogens with one attached hydrogen (secondary N) is 1. The lowest BCUT2D eigenvalue weighted by atomic mass is 9.89. The summed E-state index contributed by atoms with van der Waals surface area (Å²) in [7, 11) is 1.83. The Morgan fingerprint density at radius 2 is 2.10 bits per heavy atom. The molecule has 0 amide bonds. The van der Waals surface area contributed by atoms with Crippen molar-refractivity contribution in [3.8, 4) is 6.07 Å². The summed E-state index contributed by atoms with van der Waals surface area (Å²) in [5.41, 5.74) is 0.354. The van der Waals surface area contributed by atoms with Crippen LogP contribution in [0.5, 0.6) is 0 Å². The maximum absolute atomic E-state index is 9.58. The van der Waals surface area contributed by atoms with E-state index in [2.05, 4.69) is 21.6 Å². The maximum Gasteiger partial charge on any atom is 0.174 e. The van der Waals surface area contributed by atoms with Crippen LogP contribution < -0.4 is 5.32 Å². The first-order valence-electron chi connectivity index (χ1n) is 6.29. The molecule has 0 saturated heterocycles. The highest BCUT2D eigenvalue weighted by molar-refractivity contribution is 8.01. The van der Waals surface area contributed by atoms with E-state index >= 15 is 0 Å². The van der Waals surface area contributed by atoms with Crippen molar-refractivity contribution in [2.45, 2.75) is 23.2 Å². The molecule has 0 spiro atoms. The molecule has 1 atom stereocenters. The number of benzene rings is 1. The van der Waals surface area contributed by atoms with Crippen LogP contribution in [-0.4, -0.2) is 23.0 Å². The number of thioether (sulfide) groups is 1. The van der Waals surface area contributed by atoms with Crippen LogP contribution in [0.1, 0.15) is 17.0 Å². The molecule has 6 heteroatoms. The minimum absolute atomic E-state index is 0.645. The van der Waals surface area contributed by atoms with Crippen molar-refractivity contribution < 1.29 is 0 Å². The van der Waals surface area contributed by atoms with E-state index < -0.39 is 5.54 Å². The Hall–Kier alpha value is -1.42. The first kappa shape index (κ1) is 15.0. The zero-order chi connectivity index (χ0) is 14.4. The fourth-order valence-corrected chi connectivity index (χ4v) is 3.89. The molecule has 2 aromatic rings. The molecule has 4 nitrogen and oxygen atoms in total. The monoisotopic (exact) mass is 304 g/mol. The van der Waals surface area contributed by atoms with E-state index in [-0.39, 0.29) is 0 Å². The van der Waals surface area contributed by atoms with Gasteiger partial charge in [0.05, 0.1) is 6.07 Å². The number of rotatable bonds is 6. The van der Waals surface area contributed by atoms with Crippen molar-refractivity contribution in [1.29, 1.82) is 5.26 Å². The van der Waals surface area contributed by atoms with Crippen molar-refractivity contribution >= 4 is 23.1 Å². The number of nitrogens with zero attached hydrogens (tertiary/aromatic N) is 3. The molecule has 1 aromatic carbocycles. The van der Waals surface area contributed by atoms with Crippen LogP contribution in [0.15, 0.2) is 34.7 Å². The second kappa shape index (κ2) is 6.84. The van der Waals surface area contributed by atoms with E-state index in [4.69, 9.17) is 0 Å². The maximum atomic E-state index is 9.58. The van der Waals surface area contributed by atoms with Crippen LogP contribution in [0.4, 0.5) is 0 Å². The Morgan fingerprint density at radius 1 is 1.35 bits per heavy atom. The third-order valence-electron chi connectivity index (χ3n) is 3.09. The van der Waals surface area contributed by atoms with Crippen LogP contribution >= 0.6 is 23.1 Å². The van der Waals surface area contributed by atoms with Gasteiger partial charge in [0, 0.05) is 5.75 Å². The number of nitriles is 1. The molecule has 1 aromatic heterocycles. The van der Waals surface area contributed by atoms with Gasteiger partial charge in [-0.15, -0.1) is 10.2 Å². The molecular formula is C14H16N4S2. The van der Waals surface area contributed by atoms with Crippen molar-refractivity contribution in [3.63, 3.8) is 0 Å². The zero-order valence-corrected chi connectivity index (χ0v) is 13.1. The molecular weight excluding hydrogens is 288 g/mol. The van der Waals surface area contributed by atoms with Crippen LogP contribution in [0.25, 0.3) is 0 Å².